The van der Waals surface area contributed by atoms with E-state index in [1.165, 1.54) is 12.2 Å². The lowest BCUT2D eigenvalue weighted by molar-refractivity contribution is 0.486. The van der Waals surface area contributed by atoms with Crippen LogP contribution >= 0.6 is 11.8 Å². The van der Waals surface area contributed by atoms with Crippen LogP contribution in [0.3, 0.4) is 0 Å². The molecule has 0 aromatic carbocycles. The van der Waals surface area contributed by atoms with E-state index < -0.39 is 0 Å². The Bertz CT molecular complexity index is 293. The fraction of sp³-hybridized carbons (Fsp3) is 0.778. The van der Waals surface area contributed by atoms with E-state index in [-0.39, 0.29) is 6.04 Å². The molecule has 0 bridgehead atoms. The third-order valence-electron chi connectivity index (χ3n) is 2.63. The molecule has 5 heteroatoms. The van der Waals surface area contributed by atoms with Gasteiger partial charge in [-0.05, 0) is 18.6 Å². The number of nitrogens with two attached hydrogens (primary N) is 1. The van der Waals surface area contributed by atoms with Crippen LogP contribution in [0.15, 0.2) is 6.20 Å². The zero-order valence-corrected chi connectivity index (χ0v) is 9.20. The average molecular weight is 212 g/mol. The van der Waals surface area contributed by atoms with Gasteiger partial charge < -0.3 is 5.73 Å². The summed E-state index contributed by atoms with van der Waals surface area (Å²) in [6, 6.07) is 0.572. The average Bonchev–Trinajstić information content (AvgIpc) is 2.86. The van der Waals surface area contributed by atoms with Crippen molar-refractivity contribution >= 4 is 11.8 Å². The van der Waals surface area contributed by atoms with Gasteiger partial charge in [0.05, 0.1) is 24.0 Å². The molecule has 1 fully saturated rings. The van der Waals surface area contributed by atoms with Gasteiger partial charge in [0, 0.05) is 5.75 Å². The van der Waals surface area contributed by atoms with Gasteiger partial charge in [0.2, 0.25) is 0 Å². The first-order valence-corrected chi connectivity index (χ1v) is 6.21. The van der Waals surface area contributed by atoms with Crippen LogP contribution in [0.5, 0.6) is 0 Å². The molecule has 1 aromatic rings. The molecule has 2 N–H and O–H groups in total. The highest BCUT2D eigenvalue weighted by molar-refractivity contribution is 7.99. The van der Waals surface area contributed by atoms with E-state index in [0.717, 1.165) is 17.9 Å². The Morgan fingerprint density at radius 3 is 3.29 bits per heavy atom. The van der Waals surface area contributed by atoms with E-state index in [4.69, 9.17) is 5.73 Å². The molecule has 2 atom stereocenters. The summed E-state index contributed by atoms with van der Waals surface area (Å²) in [6.45, 7) is 2.06. The summed E-state index contributed by atoms with van der Waals surface area (Å²) in [5, 5.41) is 8.25. The van der Waals surface area contributed by atoms with Gasteiger partial charge in [-0.15, -0.1) is 5.10 Å². The fourth-order valence-electron chi connectivity index (χ4n) is 1.58. The van der Waals surface area contributed by atoms with Crippen LogP contribution in [0, 0.1) is 0 Å². The molecule has 4 nitrogen and oxygen atoms in total. The molecule has 1 aliphatic heterocycles. The van der Waals surface area contributed by atoms with E-state index in [1.807, 2.05) is 22.6 Å². The van der Waals surface area contributed by atoms with Crippen LogP contribution in [-0.2, 0) is 0 Å². The molecule has 1 saturated heterocycles. The Balaban J connectivity index is 2.08. The lowest BCUT2D eigenvalue weighted by atomic mass is 10.2. The maximum absolute atomic E-state index is 5.89. The number of hydrogen-bond acceptors (Lipinski definition) is 4. The van der Waals surface area contributed by atoms with Gasteiger partial charge in [-0.25, -0.2) is 4.68 Å². The van der Waals surface area contributed by atoms with Crippen molar-refractivity contribution in [2.75, 3.05) is 11.5 Å². The first kappa shape index (κ1) is 9.98. The van der Waals surface area contributed by atoms with Crippen LogP contribution in [0.4, 0.5) is 0 Å². The minimum absolute atomic E-state index is 0.0396. The molecule has 14 heavy (non-hydrogen) atoms. The topological polar surface area (TPSA) is 56.7 Å². The van der Waals surface area contributed by atoms with Gasteiger partial charge in [-0.2, -0.15) is 11.8 Å². The van der Waals surface area contributed by atoms with Gasteiger partial charge >= 0.3 is 0 Å². The molecular weight excluding hydrogens is 196 g/mol. The lowest BCUT2D eigenvalue weighted by Crippen LogP contribution is -2.09. The van der Waals surface area contributed by atoms with E-state index in [1.54, 1.807) is 0 Å². The molecule has 2 heterocycles. The number of nitrogens with zero attached hydrogens (tertiary/aromatic N) is 3. The zero-order chi connectivity index (χ0) is 9.97. The van der Waals surface area contributed by atoms with Gasteiger partial charge in [-0.1, -0.05) is 12.1 Å². The van der Waals surface area contributed by atoms with Crippen molar-refractivity contribution in [3.63, 3.8) is 0 Å². The second-order valence-electron chi connectivity index (χ2n) is 3.66. The Kier molecular flexibility index (Phi) is 3.08. The summed E-state index contributed by atoms with van der Waals surface area (Å²) in [7, 11) is 0. The molecule has 0 amide bonds. The quantitative estimate of drug-likeness (QED) is 0.822. The van der Waals surface area contributed by atoms with Gasteiger partial charge in [0.25, 0.3) is 0 Å². The maximum Gasteiger partial charge on any atom is 0.0994 e. The van der Waals surface area contributed by atoms with Crippen LogP contribution in [0.1, 0.15) is 37.5 Å². The largest absolute Gasteiger partial charge is 0.323 e. The van der Waals surface area contributed by atoms with Crippen LogP contribution in [0.25, 0.3) is 0 Å². The van der Waals surface area contributed by atoms with Gasteiger partial charge in [0.1, 0.15) is 0 Å². The third kappa shape index (κ3) is 1.93. The summed E-state index contributed by atoms with van der Waals surface area (Å²) in [4.78, 5) is 0. The van der Waals surface area contributed by atoms with Crippen molar-refractivity contribution < 1.29 is 0 Å². The minimum Gasteiger partial charge on any atom is -0.323 e. The summed E-state index contributed by atoms with van der Waals surface area (Å²) in [5.41, 5.74) is 6.81. The highest BCUT2D eigenvalue weighted by atomic mass is 32.2. The number of hydrogen-bond donors (Lipinski definition) is 1. The number of rotatable bonds is 3. The smallest absolute Gasteiger partial charge is 0.0994 e. The second kappa shape index (κ2) is 4.31. The summed E-state index contributed by atoms with van der Waals surface area (Å²) >= 11 is 1.98. The predicted octanol–water partition coefficient (Wildman–Crippen LogP) is 1.37. The van der Waals surface area contributed by atoms with Crippen molar-refractivity contribution in [3.05, 3.63) is 11.9 Å². The first-order chi connectivity index (χ1) is 6.81. The molecule has 2 unspecified atom stereocenters. The van der Waals surface area contributed by atoms with Crippen LogP contribution in [0.2, 0.25) is 0 Å². The summed E-state index contributed by atoms with van der Waals surface area (Å²) in [5.74, 6) is 2.39. The second-order valence-corrected chi connectivity index (χ2v) is 4.81. The third-order valence-corrected chi connectivity index (χ3v) is 3.77. The van der Waals surface area contributed by atoms with E-state index in [2.05, 4.69) is 17.2 Å². The van der Waals surface area contributed by atoms with Crippen molar-refractivity contribution in [2.24, 2.45) is 5.73 Å². The Hall–Kier alpha value is -0.550. The summed E-state index contributed by atoms with van der Waals surface area (Å²) < 4.78 is 1.98. The Morgan fingerprint density at radius 2 is 2.64 bits per heavy atom. The predicted molar refractivity (Wildman–Crippen MR) is 58.2 cm³/mol. The van der Waals surface area contributed by atoms with E-state index in [0.29, 0.717) is 6.04 Å². The Morgan fingerprint density at radius 1 is 1.79 bits per heavy atom. The summed E-state index contributed by atoms with van der Waals surface area (Å²) in [6.07, 6.45) is 4.12. The highest BCUT2D eigenvalue weighted by Gasteiger charge is 2.19. The van der Waals surface area contributed by atoms with Crippen molar-refractivity contribution in [1.29, 1.82) is 0 Å². The zero-order valence-electron chi connectivity index (χ0n) is 8.39. The van der Waals surface area contributed by atoms with Gasteiger partial charge in [0.15, 0.2) is 0 Å². The molecule has 0 spiro atoms. The van der Waals surface area contributed by atoms with Crippen LogP contribution < -0.4 is 5.73 Å². The van der Waals surface area contributed by atoms with Crippen molar-refractivity contribution in [1.82, 2.24) is 15.0 Å². The monoisotopic (exact) mass is 212 g/mol. The van der Waals surface area contributed by atoms with Crippen molar-refractivity contribution in [2.45, 2.75) is 31.8 Å². The van der Waals surface area contributed by atoms with Crippen molar-refractivity contribution in [3.8, 4) is 0 Å². The minimum atomic E-state index is 0.0396. The lowest BCUT2D eigenvalue weighted by Gasteiger charge is -2.06. The Labute approximate surface area is 88.2 Å². The fourth-order valence-corrected chi connectivity index (χ4v) is 2.78. The SMILES string of the molecule is CCC(N)c1cn(C2CCSC2)nn1. The molecule has 1 aromatic heterocycles. The molecule has 0 radical (unpaired) electrons. The molecule has 0 aliphatic carbocycles. The molecule has 1 aliphatic rings. The first-order valence-electron chi connectivity index (χ1n) is 5.06. The molecular formula is C9H16N4S. The van der Waals surface area contributed by atoms with Crippen LogP contribution in [-0.4, -0.2) is 26.5 Å². The normalized spacial score (nSPS) is 24.0. The van der Waals surface area contributed by atoms with Gasteiger partial charge in [-0.3, -0.25) is 0 Å². The maximum atomic E-state index is 5.89. The molecule has 0 saturated carbocycles. The molecule has 2 rings (SSSR count). The standard InChI is InChI=1S/C9H16N4S/c1-2-8(10)9-5-13(12-11-9)7-3-4-14-6-7/h5,7-8H,2-4,6,10H2,1H3. The van der Waals surface area contributed by atoms with E-state index in [9.17, 15) is 0 Å². The number of thioether (sulfide) groups is 1. The highest BCUT2D eigenvalue weighted by Crippen LogP contribution is 2.27. The van der Waals surface area contributed by atoms with E-state index >= 15 is 0 Å². The molecule has 78 valence electrons. The number of aromatic nitrogens is 3.